The molecule has 0 fully saturated rings. The molecule has 1 atom stereocenters. The summed E-state index contributed by atoms with van der Waals surface area (Å²) in [6.45, 7) is 6.47. The Labute approximate surface area is 182 Å². The van der Waals surface area contributed by atoms with Gasteiger partial charge in [-0.15, -0.1) is 0 Å². The molecular weight excluding hydrogens is 396 g/mol. The van der Waals surface area contributed by atoms with E-state index < -0.39 is 29.6 Å². The number of likely N-dealkylation sites (N-methyl/N-ethyl adjacent to an activating group) is 1. The number of benzene rings is 2. The molecule has 2 aromatic carbocycles. The summed E-state index contributed by atoms with van der Waals surface area (Å²) in [5.74, 6) is -1.68. The fourth-order valence-electron chi connectivity index (χ4n) is 4.05. The highest BCUT2D eigenvalue weighted by Crippen LogP contribution is 2.44. The van der Waals surface area contributed by atoms with E-state index in [1.165, 1.54) is 25.7 Å². The molecule has 0 spiro atoms. The fraction of sp³-hybridized carbons (Fsp3) is 0.375. The molecule has 164 valence electrons. The third kappa shape index (κ3) is 4.26. The smallest absolute Gasteiger partial charge is 0.407 e. The number of nitrogens with one attached hydrogen (secondary N) is 1. The molecule has 31 heavy (non-hydrogen) atoms. The highest BCUT2D eigenvalue weighted by atomic mass is 16.5. The van der Waals surface area contributed by atoms with Crippen LogP contribution in [0.5, 0.6) is 0 Å². The number of alkyl carbamates (subject to hydrolysis) is 1. The van der Waals surface area contributed by atoms with E-state index in [0.717, 1.165) is 22.3 Å². The molecule has 0 saturated heterocycles. The molecule has 2 aromatic rings. The Morgan fingerprint density at radius 3 is 2.06 bits per heavy atom. The lowest BCUT2D eigenvalue weighted by Gasteiger charge is -2.36. The third-order valence-corrected chi connectivity index (χ3v) is 5.83. The summed E-state index contributed by atoms with van der Waals surface area (Å²) in [7, 11) is 0. The summed E-state index contributed by atoms with van der Waals surface area (Å²) >= 11 is 0. The Morgan fingerprint density at radius 1 is 1.06 bits per heavy atom. The van der Waals surface area contributed by atoms with Crippen LogP contribution in [0.2, 0.25) is 0 Å². The summed E-state index contributed by atoms with van der Waals surface area (Å²) in [4.78, 5) is 37.9. The normalized spacial score (nSPS) is 13.7. The Hall–Kier alpha value is -3.35. The van der Waals surface area contributed by atoms with E-state index in [1.807, 2.05) is 36.4 Å². The average molecular weight is 424 g/mol. The van der Waals surface area contributed by atoms with Crippen LogP contribution in [0, 0.1) is 0 Å². The number of carbonyl (C=O) groups is 3. The zero-order valence-corrected chi connectivity index (χ0v) is 18.2. The topological polar surface area (TPSA) is 95.9 Å². The van der Waals surface area contributed by atoms with Gasteiger partial charge in [0.1, 0.15) is 18.2 Å². The molecule has 7 heteroatoms. The van der Waals surface area contributed by atoms with Crippen LogP contribution in [0.1, 0.15) is 44.7 Å². The molecule has 0 unspecified atom stereocenters. The molecule has 2 amide bonds. The summed E-state index contributed by atoms with van der Waals surface area (Å²) in [6, 6.07) is 15.1. The van der Waals surface area contributed by atoms with Crippen molar-refractivity contribution in [3.8, 4) is 11.1 Å². The van der Waals surface area contributed by atoms with Crippen LogP contribution < -0.4 is 5.32 Å². The van der Waals surface area contributed by atoms with Crippen LogP contribution in [0.4, 0.5) is 4.79 Å². The second kappa shape index (κ2) is 8.79. The molecule has 3 rings (SSSR count). The van der Waals surface area contributed by atoms with Crippen molar-refractivity contribution in [2.75, 3.05) is 13.2 Å². The minimum Gasteiger partial charge on any atom is -0.480 e. The van der Waals surface area contributed by atoms with Crippen LogP contribution in [0.25, 0.3) is 11.1 Å². The number of amides is 2. The van der Waals surface area contributed by atoms with Gasteiger partial charge in [0, 0.05) is 12.5 Å². The molecule has 1 aliphatic carbocycles. The Morgan fingerprint density at radius 2 is 1.58 bits per heavy atom. The number of hydrogen-bond acceptors (Lipinski definition) is 4. The first kappa shape index (κ1) is 22.3. The van der Waals surface area contributed by atoms with Gasteiger partial charge in [0.2, 0.25) is 5.91 Å². The van der Waals surface area contributed by atoms with Crippen LogP contribution >= 0.6 is 0 Å². The molecule has 1 aliphatic rings. The quantitative estimate of drug-likeness (QED) is 0.708. The largest absolute Gasteiger partial charge is 0.480 e. The zero-order chi connectivity index (χ0) is 22.8. The molecule has 2 N–H and O–H groups in total. The highest BCUT2D eigenvalue weighted by molar-refractivity contribution is 5.90. The molecule has 0 bridgehead atoms. The first-order chi connectivity index (χ1) is 14.7. The van der Waals surface area contributed by atoms with Crippen molar-refractivity contribution < 1.29 is 24.2 Å². The summed E-state index contributed by atoms with van der Waals surface area (Å²) in [5, 5.41) is 11.9. The van der Waals surface area contributed by atoms with Crippen molar-refractivity contribution in [1.29, 1.82) is 0 Å². The SMILES string of the molecule is CCN(C(=O)[C@@H](C)NC(=O)OCC1c2ccccc2-c2ccccc21)C(C)(C)C(=O)O. The molecular formula is C24H28N2O5. The number of aliphatic carboxylic acids is 1. The molecule has 0 saturated carbocycles. The van der Waals surface area contributed by atoms with Crippen molar-refractivity contribution in [3.05, 3.63) is 59.7 Å². The number of rotatable bonds is 7. The predicted octanol–water partition coefficient (Wildman–Crippen LogP) is 3.63. The van der Waals surface area contributed by atoms with E-state index in [9.17, 15) is 19.5 Å². The van der Waals surface area contributed by atoms with E-state index in [0.29, 0.717) is 0 Å². The zero-order valence-electron chi connectivity index (χ0n) is 18.2. The Kier molecular flexibility index (Phi) is 6.34. The number of ether oxygens (including phenoxy) is 1. The lowest BCUT2D eigenvalue weighted by molar-refractivity contribution is -0.157. The molecule has 0 aromatic heterocycles. The predicted molar refractivity (Wildman–Crippen MR) is 117 cm³/mol. The van der Waals surface area contributed by atoms with Gasteiger partial charge in [-0.1, -0.05) is 48.5 Å². The fourth-order valence-corrected chi connectivity index (χ4v) is 4.05. The number of fused-ring (bicyclic) bond motifs is 3. The summed E-state index contributed by atoms with van der Waals surface area (Å²) in [6.07, 6.45) is -0.716. The van der Waals surface area contributed by atoms with Crippen LogP contribution in [0.3, 0.4) is 0 Å². The lowest BCUT2D eigenvalue weighted by atomic mass is 9.98. The maximum absolute atomic E-state index is 12.7. The number of carboxylic acids is 1. The van der Waals surface area contributed by atoms with Crippen molar-refractivity contribution in [2.24, 2.45) is 0 Å². The highest BCUT2D eigenvalue weighted by Gasteiger charge is 2.39. The standard InChI is InChI=1S/C24H28N2O5/c1-5-26(24(3,4)22(28)29)21(27)15(2)25-23(30)31-14-20-18-12-8-6-10-16(18)17-11-7-9-13-19(17)20/h6-13,15,20H,5,14H2,1-4H3,(H,25,30)(H,28,29)/t15-/m1/s1. The average Bonchev–Trinajstić information content (AvgIpc) is 3.06. The number of nitrogens with zero attached hydrogens (tertiary/aromatic N) is 1. The van der Waals surface area contributed by atoms with Crippen molar-refractivity contribution in [2.45, 2.75) is 45.2 Å². The minimum atomic E-state index is -1.39. The Balaban J connectivity index is 1.65. The Bertz CT molecular complexity index is 955. The molecule has 0 radical (unpaired) electrons. The molecule has 0 aliphatic heterocycles. The van der Waals surface area contributed by atoms with Gasteiger partial charge in [0.15, 0.2) is 0 Å². The number of hydrogen-bond donors (Lipinski definition) is 2. The van der Waals surface area contributed by atoms with Crippen LogP contribution in [-0.4, -0.2) is 52.7 Å². The maximum Gasteiger partial charge on any atom is 0.407 e. The van der Waals surface area contributed by atoms with Gasteiger partial charge in [-0.2, -0.15) is 0 Å². The lowest BCUT2D eigenvalue weighted by Crippen LogP contribution is -2.58. The van der Waals surface area contributed by atoms with E-state index >= 15 is 0 Å². The van der Waals surface area contributed by atoms with E-state index in [1.54, 1.807) is 6.92 Å². The van der Waals surface area contributed by atoms with Gasteiger partial charge in [0.25, 0.3) is 0 Å². The number of carbonyl (C=O) groups excluding carboxylic acids is 2. The second-order valence-corrected chi connectivity index (χ2v) is 8.14. The number of carboxylic acid groups (broad SMARTS) is 1. The van der Waals surface area contributed by atoms with E-state index in [2.05, 4.69) is 17.4 Å². The third-order valence-electron chi connectivity index (χ3n) is 5.83. The second-order valence-electron chi connectivity index (χ2n) is 8.14. The van der Waals surface area contributed by atoms with Gasteiger partial charge in [-0.3, -0.25) is 4.79 Å². The first-order valence-electron chi connectivity index (χ1n) is 10.3. The van der Waals surface area contributed by atoms with Gasteiger partial charge in [-0.05, 0) is 49.9 Å². The van der Waals surface area contributed by atoms with Gasteiger partial charge >= 0.3 is 12.1 Å². The van der Waals surface area contributed by atoms with Crippen LogP contribution in [-0.2, 0) is 14.3 Å². The van der Waals surface area contributed by atoms with Gasteiger partial charge < -0.3 is 20.1 Å². The van der Waals surface area contributed by atoms with Crippen LogP contribution in [0.15, 0.2) is 48.5 Å². The minimum absolute atomic E-state index is 0.0813. The van der Waals surface area contributed by atoms with Crippen molar-refractivity contribution in [1.82, 2.24) is 10.2 Å². The van der Waals surface area contributed by atoms with Gasteiger partial charge in [-0.25, -0.2) is 9.59 Å². The van der Waals surface area contributed by atoms with E-state index in [4.69, 9.17) is 4.74 Å². The summed E-state index contributed by atoms with van der Waals surface area (Å²) in [5.41, 5.74) is 3.07. The molecule has 0 heterocycles. The maximum atomic E-state index is 12.7. The molecule has 7 nitrogen and oxygen atoms in total. The van der Waals surface area contributed by atoms with Crippen molar-refractivity contribution >= 4 is 18.0 Å². The van der Waals surface area contributed by atoms with Gasteiger partial charge in [0.05, 0.1) is 0 Å². The van der Waals surface area contributed by atoms with E-state index in [-0.39, 0.29) is 19.1 Å². The first-order valence-corrected chi connectivity index (χ1v) is 10.3. The summed E-state index contributed by atoms with van der Waals surface area (Å²) < 4.78 is 5.47. The van der Waals surface area contributed by atoms with Crippen molar-refractivity contribution in [3.63, 3.8) is 0 Å². The monoisotopic (exact) mass is 424 g/mol.